The molecule has 1 rings (SSSR count). The SMILES string of the molecule is CCc1nc(Cl)cc(NC(CO)CC(C)C)n1. The molecule has 0 saturated carbocycles. The number of rotatable bonds is 6. The van der Waals surface area contributed by atoms with Crippen molar-refractivity contribution in [3.8, 4) is 0 Å². The summed E-state index contributed by atoms with van der Waals surface area (Å²) < 4.78 is 0. The quantitative estimate of drug-likeness (QED) is 0.769. The van der Waals surface area contributed by atoms with Crippen LogP contribution in [0.3, 0.4) is 0 Å². The summed E-state index contributed by atoms with van der Waals surface area (Å²) in [5, 5.41) is 12.9. The van der Waals surface area contributed by atoms with Crippen molar-refractivity contribution in [3.63, 3.8) is 0 Å². The third kappa shape index (κ3) is 4.88. The summed E-state index contributed by atoms with van der Waals surface area (Å²) in [5.74, 6) is 1.91. The van der Waals surface area contributed by atoms with Crippen LogP contribution in [0.15, 0.2) is 6.07 Å². The number of anilines is 1. The van der Waals surface area contributed by atoms with E-state index in [2.05, 4.69) is 29.1 Å². The number of hydrogen-bond donors (Lipinski definition) is 2. The Hall–Kier alpha value is -0.870. The van der Waals surface area contributed by atoms with E-state index in [-0.39, 0.29) is 12.6 Å². The lowest BCUT2D eigenvalue weighted by molar-refractivity contribution is 0.259. The lowest BCUT2D eigenvalue weighted by atomic mass is 10.0. The molecule has 2 N–H and O–H groups in total. The van der Waals surface area contributed by atoms with Gasteiger partial charge in [0.25, 0.3) is 0 Å². The van der Waals surface area contributed by atoms with Gasteiger partial charge in [-0.2, -0.15) is 0 Å². The zero-order valence-electron chi connectivity index (χ0n) is 10.6. The van der Waals surface area contributed by atoms with Gasteiger partial charge in [-0.05, 0) is 12.3 Å². The van der Waals surface area contributed by atoms with Crippen molar-refractivity contribution in [3.05, 3.63) is 17.0 Å². The Bertz CT molecular complexity index is 358. The van der Waals surface area contributed by atoms with Crippen molar-refractivity contribution < 1.29 is 5.11 Å². The molecule has 0 aromatic carbocycles. The molecule has 17 heavy (non-hydrogen) atoms. The van der Waals surface area contributed by atoms with Gasteiger partial charge in [0.05, 0.1) is 12.6 Å². The van der Waals surface area contributed by atoms with E-state index < -0.39 is 0 Å². The Morgan fingerprint density at radius 2 is 2.12 bits per heavy atom. The molecule has 5 heteroatoms. The highest BCUT2D eigenvalue weighted by atomic mass is 35.5. The third-order valence-electron chi connectivity index (χ3n) is 2.39. The maximum atomic E-state index is 9.29. The van der Waals surface area contributed by atoms with E-state index in [1.165, 1.54) is 0 Å². The van der Waals surface area contributed by atoms with E-state index in [9.17, 15) is 5.11 Å². The van der Waals surface area contributed by atoms with E-state index >= 15 is 0 Å². The third-order valence-corrected chi connectivity index (χ3v) is 2.58. The highest BCUT2D eigenvalue weighted by Crippen LogP contribution is 2.15. The highest BCUT2D eigenvalue weighted by Gasteiger charge is 2.11. The first-order valence-electron chi connectivity index (χ1n) is 5.96. The van der Waals surface area contributed by atoms with E-state index in [0.717, 1.165) is 12.8 Å². The highest BCUT2D eigenvalue weighted by molar-refractivity contribution is 6.29. The Morgan fingerprint density at radius 3 is 2.65 bits per heavy atom. The number of aliphatic hydroxyl groups is 1. The van der Waals surface area contributed by atoms with Gasteiger partial charge >= 0.3 is 0 Å². The number of halogens is 1. The molecule has 1 heterocycles. The zero-order valence-corrected chi connectivity index (χ0v) is 11.3. The van der Waals surface area contributed by atoms with Gasteiger partial charge in [-0.15, -0.1) is 0 Å². The number of nitrogens with zero attached hydrogens (tertiary/aromatic N) is 2. The largest absolute Gasteiger partial charge is 0.394 e. The van der Waals surface area contributed by atoms with Gasteiger partial charge in [0.1, 0.15) is 16.8 Å². The monoisotopic (exact) mass is 257 g/mol. The van der Waals surface area contributed by atoms with Crippen LogP contribution in [0.1, 0.15) is 33.0 Å². The molecule has 0 spiro atoms. The molecule has 0 aliphatic heterocycles. The van der Waals surface area contributed by atoms with Gasteiger partial charge in [-0.25, -0.2) is 9.97 Å². The van der Waals surface area contributed by atoms with E-state index in [1.807, 2.05) is 6.92 Å². The van der Waals surface area contributed by atoms with Crippen LogP contribution in [0.25, 0.3) is 0 Å². The molecule has 0 saturated heterocycles. The van der Waals surface area contributed by atoms with Crippen LogP contribution < -0.4 is 5.32 Å². The molecular formula is C12H20ClN3O. The molecule has 0 fully saturated rings. The van der Waals surface area contributed by atoms with Crippen molar-refractivity contribution in [2.45, 2.75) is 39.7 Å². The predicted molar refractivity (Wildman–Crippen MR) is 70.4 cm³/mol. The Kier molecular flexibility index (Phi) is 5.65. The number of aliphatic hydroxyl groups excluding tert-OH is 1. The first-order valence-corrected chi connectivity index (χ1v) is 6.33. The summed E-state index contributed by atoms with van der Waals surface area (Å²) >= 11 is 5.91. The molecule has 0 bridgehead atoms. The van der Waals surface area contributed by atoms with Crippen LogP contribution in [0.5, 0.6) is 0 Å². The normalized spacial score (nSPS) is 12.8. The average molecular weight is 258 g/mol. The molecule has 1 atom stereocenters. The molecule has 0 aliphatic carbocycles. The van der Waals surface area contributed by atoms with Crippen LogP contribution in [0.4, 0.5) is 5.82 Å². The molecule has 0 aliphatic rings. The fourth-order valence-electron chi connectivity index (χ4n) is 1.65. The summed E-state index contributed by atoms with van der Waals surface area (Å²) in [5.41, 5.74) is 0. The maximum absolute atomic E-state index is 9.29. The molecule has 1 aromatic rings. The molecule has 4 nitrogen and oxygen atoms in total. The molecule has 0 radical (unpaired) electrons. The topological polar surface area (TPSA) is 58.0 Å². The lowest BCUT2D eigenvalue weighted by Gasteiger charge is -2.19. The summed E-state index contributed by atoms with van der Waals surface area (Å²) in [7, 11) is 0. The van der Waals surface area contributed by atoms with Crippen LogP contribution in [0.2, 0.25) is 5.15 Å². The summed E-state index contributed by atoms with van der Waals surface area (Å²) in [6, 6.07) is 1.69. The molecule has 0 amide bonds. The maximum Gasteiger partial charge on any atom is 0.134 e. The minimum atomic E-state index is 0.00525. The van der Waals surface area contributed by atoms with Crippen LogP contribution in [0, 0.1) is 5.92 Å². The van der Waals surface area contributed by atoms with Gasteiger partial charge in [0.2, 0.25) is 0 Å². The smallest absolute Gasteiger partial charge is 0.134 e. The Morgan fingerprint density at radius 1 is 1.41 bits per heavy atom. The standard InChI is InChI=1S/C12H20ClN3O/c1-4-11-15-10(13)6-12(16-11)14-9(7-17)5-8(2)3/h6,8-9,17H,4-5,7H2,1-3H3,(H,14,15,16). The van der Waals surface area contributed by atoms with E-state index in [0.29, 0.717) is 22.7 Å². The van der Waals surface area contributed by atoms with E-state index in [1.54, 1.807) is 6.07 Å². The molecular weight excluding hydrogens is 238 g/mol. The van der Waals surface area contributed by atoms with Crippen molar-refractivity contribution in [2.24, 2.45) is 5.92 Å². The average Bonchev–Trinajstić information content (AvgIpc) is 2.26. The summed E-state index contributed by atoms with van der Waals surface area (Å²) in [6.07, 6.45) is 1.63. The Balaban J connectivity index is 2.74. The second-order valence-electron chi connectivity index (χ2n) is 4.50. The van der Waals surface area contributed by atoms with Crippen molar-refractivity contribution >= 4 is 17.4 Å². The minimum Gasteiger partial charge on any atom is -0.394 e. The van der Waals surface area contributed by atoms with Gasteiger partial charge in [0.15, 0.2) is 0 Å². The van der Waals surface area contributed by atoms with Crippen molar-refractivity contribution in [2.75, 3.05) is 11.9 Å². The van der Waals surface area contributed by atoms with Gasteiger partial charge in [0, 0.05) is 12.5 Å². The minimum absolute atomic E-state index is 0.00525. The van der Waals surface area contributed by atoms with Gasteiger partial charge < -0.3 is 10.4 Å². The number of nitrogens with one attached hydrogen (secondary N) is 1. The first-order chi connectivity index (χ1) is 8.05. The number of hydrogen-bond acceptors (Lipinski definition) is 4. The van der Waals surface area contributed by atoms with Crippen LogP contribution in [-0.4, -0.2) is 27.7 Å². The lowest BCUT2D eigenvalue weighted by Crippen LogP contribution is -2.26. The van der Waals surface area contributed by atoms with Crippen molar-refractivity contribution in [1.82, 2.24) is 9.97 Å². The summed E-state index contributed by atoms with van der Waals surface area (Å²) in [6.45, 7) is 6.30. The zero-order chi connectivity index (χ0) is 12.8. The fraction of sp³-hybridized carbons (Fsp3) is 0.667. The Labute approximate surface area is 107 Å². The molecule has 1 aromatic heterocycles. The van der Waals surface area contributed by atoms with Crippen LogP contribution in [-0.2, 0) is 6.42 Å². The number of aryl methyl sites for hydroxylation is 1. The van der Waals surface area contributed by atoms with Gasteiger partial charge in [-0.1, -0.05) is 32.4 Å². The van der Waals surface area contributed by atoms with Crippen molar-refractivity contribution in [1.29, 1.82) is 0 Å². The van der Waals surface area contributed by atoms with Gasteiger partial charge in [-0.3, -0.25) is 0 Å². The molecule has 1 unspecified atom stereocenters. The summed E-state index contributed by atoms with van der Waals surface area (Å²) in [4.78, 5) is 8.43. The predicted octanol–water partition coefficient (Wildman–Crippen LogP) is 2.51. The first kappa shape index (κ1) is 14.2. The fourth-order valence-corrected chi connectivity index (χ4v) is 1.85. The second-order valence-corrected chi connectivity index (χ2v) is 4.89. The second kappa shape index (κ2) is 6.77. The number of aromatic nitrogens is 2. The van der Waals surface area contributed by atoms with Crippen LogP contribution >= 0.6 is 11.6 Å². The van der Waals surface area contributed by atoms with E-state index in [4.69, 9.17) is 11.6 Å². The molecule has 96 valence electrons.